The average molecular weight is 361 g/mol. The molecule has 0 atom stereocenters. The van der Waals surface area contributed by atoms with Gasteiger partial charge in [0.15, 0.2) is 0 Å². The molecule has 1 aromatic carbocycles. The van der Waals surface area contributed by atoms with Crippen molar-refractivity contribution in [2.45, 2.75) is 26.9 Å². The maximum absolute atomic E-state index is 12.9. The van der Waals surface area contributed by atoms with Gasteiger partial charge in [-0.3, -0.25) is 24.3 Å². The second-order valence-electron chi connectivity index (χ2n) is 5.78. The van der Waals surface area contributed by atoms with Crippen LogP contribution in [0.3, 0.4) is 0 Å². The molecule has 0 bridgehead atoms. The molecule has 7 nitrogen and oxygen atoms in total. The van der Waals surface area contributed by atoms with Crippen molar-refractivity contribution >= 4 is 29.4 Å². The highest BCUT2D eigenvalue weighted by molar-refractivity contribution is 6.30. The Labute approximate surface area is 149 Å². The normalized spacial score (nSPS) is 13.1. The van der Waals surface area contributed by atoms with Gasteiger partial charge in [-0.05, 0) is 24.6 Å². The van der Waals surface area contributed by atoms with Gasteiger partial charge in [-0.1, -0.05) is 23.7 Å². The van der Waals surface area contributed by atoms with E-state index in [9.17, 15) is 14.4 Å². The van der Waals surface area contributed by atoms with Crippen LogP contribution in [0.5, 0.6) is 0 Å². The van der Waals surface area contributed by atoms with Crippen LogP contribution in [0, 0.1) is 0 Å². The fourth-order valence-corrected chi connectivity index (χ4v) is 2.88. The molecular formula is C17H17ClN4O3. The van der Waals surface area contributed by atoms with Crippen molar-refractivity contribution in [3.8, 4) is 0 Å². The third-order valence-electron chi connectivity index (χ3n) is 4.02. The van der Waals surface area contributed by atoms with E-state index in [1.165, 1.54) is 11.5 Å². The van der Waals surface area contributed by atoms with Gasteiger partial charge in [0.1, 0.15) is 5.69 Å². The first-order chi connectivity index (χ1) is 11.9. The van der Waals surface area contributed by atoms with Crippen LogP contribution in [0.15, 0.2) is 29.1 Å². The Balaban J connectivity index is 2.10. The summed E-state index contributed by atoms with van der Waals surface area (Å²) in [6.45, 7) is 4.10. The van der Waals surface area contributed by atoms with Gasteiger partial charge in [-0.2, -0.15) is 0 Å². The highest BCUT2D eigenvalue weighted by Gasteiger charge is 2.32. The quantitative estimate of drug-likeness (QED) is 0.902. The van der Waals surface area contributed by atoms with Crippen LogP contribution in [-0.4, -0.2) is 32.8 Å². The van der Waals surface area contributed by atoms with Crippen molar-refractivity contribution < 1.29 is 9.59 Å². The zero-order chi connectivity index (χ0) is 18.1. The highest BCUT2D eigenvalue weighted by Crippen LogP contribution is 2.20. The summed E-state index contributed by atoms with van der Waals surface area (Å²) in [4.78, 5) is 42.5. The number of nitrogens with one attached hydrogen (secondary N) is 1. The molecular weight excluding hydrogens is 344 g/mol. The zero-order valence-corrected chi connectivity index (χ0v) is 14.6. The second-order valence-corrected chi connectivity index (χ2v) is 6.22. The number of hydrogen-bond acceptors (Lipinski definition) is 4. The molecule has 0 fully saturated rings. The van der Waals surface area contributed by atoms with Crippen LogP contribution in [-0.2, 0) is 17.9 Å². The lowest BCUT2D eigenvalue weighted by Crippen LogP contribution is -2.30. The molecule has 8 heteroatoms. The van der Waals surface area contributed by atoms with Gasteiger partial charge in [0.05, 0.1) is 18.7 Å². The lowest BCUT2D eigenvalue weighted by atomic mass is 10.2. The molecule has 0 unspecified atom stereocenters. The third kappa shape index (κ3) is 3.28. The van der Waals surface area contributed by atoms with Crippen LogP contribution in [0.25, 0.3) is 0 Å². The van der Waals surface area contributed by atoms with E-state index in [4.69, 9.17) is 11.6 Å². The number of carbonyl (C=O) groups is 2. The first kappa shape index (κ1) is 17.2. The fraction of sp³-hybridized carbons (Fsp3) is 0.294. The molecule has 1 aliphatic rings. The topological polar surface area (TPSA) is 84.3 Å². The van der Waals surface area contributed by atoms with Gasteiger partial charge in [0.2, 0.25) is 11.9 Å². The van der Waals surface area contributed by atoms with Crippen molar-refractivity contribution in [1.82, 2.24) is 14.5 Å². The molecule has 3 rings (SSSR count). The molecule has 1 aromatic heterocycles. The van der Waals surface area contributed by atoms with Gasteiger partial charge >= 0.3 is 0 Å². The molecule has 2 aromatic rings. The first-order valence-corrected chi connectivity index (χ1v) is 8.23. The first-order valence-electron chi connectivity index (χ1n) is 7.85. The van der Waals surface area contributed by atoms with E-state index in [1.54, 1.807) is 29.2 Å². The monoisotopic (exact) mass is 360 g/mol. The lowest BCUT2D eigenvalue weighted by molar-refractivity contribution is -0.114. The summed E-state index contributed by atoms with van der Waals surface area (Å²) < 4.78 is 1.37. The molecule has 1 N–H and O–H groups in total. The molecule has 0 spiro atoms. The van der Waals surface area contributed by atoms with Gasteiger partial charge in [0, 0.05) is 18.5 Å². The summed E-state index contributed by atoms with van der Waals surface area (Å²) >= 11 is 5.89. The Morgan fingerprint density at radius 2 is 1.96 bits per heavy atom. The van der Waals surface area contributed by atoms with Crippen molar-refractivity contribution in [3.05, 3.63) is 56.5 Å². The standard InChI is InChI=1S/C17H17ClN4O3/c1-3-21-9-13-14(16(21)25)20-17(19-10(2)23)22(15(13)24)8-11-4-6-12(18)7-5-11/h4-7H,3,8-9H2,1-2H3,(H,19,20,23). The lowest BCUT2D eigenvalue weighted by Gasteiger charge is -2.13. The molecule has 0 saturated carbocycles. The van der Waals surface area contributed by atoms with E-state index < -0.39 is 0 Å². The van der Waals surface area contributed by atoms with Gasteiger partial charge in [-0.25, -0.2) is 4.98 Å². The molecule has 130 valence electrons. The maximum Gasteiger partial charge on any atom is 0.273 e. The van der Waals surface area contributed by atoms with E-state index in [-0.39, 0.29) is 42.1 Å². The number of nitrogens with zero attached hydrogens (tertiary/aromatic N) is 3. The summed E-state index contributed by atoms with van der Waals surface area (Å²) in [6, 6.07) is 7.04. The van der Waals surface area contributed by atoms with Crippen LogP contribution in [0.1, 0.15) is 35.5 Å². The van der Waals surface area contributed by atoms with E-state index in [1.807, 2.05) is 6.92 Å². The number of fused-ring (bicyclic) bond motifs is 1. The summed E-state index contributed by atoms with van der Waals surface area (Å²) in [5.41, 5.74) is 0.974. The summed E-state index contributed by atoms with van der Waals surface area (Å²) in [5, 5.41) is 3.14. The van der Waals surface area contributed by atoms with Crippen molar-refractivity contribution in [2.75, 3.05) is 11.9 Å². The summed E-state index contributed by atoms with van der Waals surface area (Å²) in [5.74, 6) is -0.591. The third-order valence-corrected chi connectivity index (χ3v) is 4.28. The predicted molar refractivity (Wildman–Crippen MR) is 93.8 cm³/mol. The van der Waals surface area contributed by atoms with Crippen LogP contribution in [0.4, 0.5) is 5.95 Å². The van der Waals surface area contributed by atoms with Crippen LogP contribution in [0.2, 0.25) is 5.02 Å². The van der Waals surface area contributed by atoms with Crippen LogP contribution >= 0.6 is 11.6 Å². The van der Waals surface area contributed by atoms with E-state index in [0.717, 1.165) is 5.56 Å². The predicted octanol–water partition coefficient (Wildman–Crippen LogP) is 1.88. The number of anilines is 1. The van der Waals surface area contributed by atoms with Crippen molar-refractivity contribution in [3.63, 3.8) is 0 Å². The van der Waals surface area contributed by atoms with Gasteiger partial charge in [-0.15, -0.1) is 0 Å². The fourth-order valence-electron chi connectivity index (χ4n) is 2.75. The van der Waals surface area contributed by atoms with Crippen molar-refractivity contribution in [2.24, 2.45) is 0 Å². The molecule has 0 radical (unpaired) electrons. The van der Waals surface area contributed by atoms with Gasteiger partial charge in [0.25, 0.3) is 11.5 Å². The molecule has 1 aliphatic heterocycles. The maximum atomic E-state index is 12.9. The molecule has 2 heterocycles. The largest absolute Gasteiger partial charge is 0.333 e. The molecule has 0 aliphatic carbocycles. The smallest absolute Gasteiger partial charge is 0.273 e. The number of benzene rings is 1. The number of hydrogen-bond donors (Lipinski definition) is 1. The second kappa shape index (κ2) is 6.68. The summed E-state index contributed by atoms with van der Waals surface area (Å²) in [7, 11) is 0. The highest BCUT2D eigenvalue weighted by atomic mass is 35.5. The SMILES string of the molecule is CCN1Cc2c(nc(NC(C)=O)n(Cc3ccc(Cl)cc3)c2=O)C1=O. The number of carbonyl (C=O) groups excluding carboxylic acids is 2. The number of rotatable bonds is 4. The van der Waals surface area contributed by atoms with E-state index in [2.05, 4.69) is 10.3 Å². The Hall–Kier alpha value is -2.67. The molecule has 2 amide bonds. The molecule has 0 saturated heterocycles. The van der Waals surface area contributed by atoms with E-state index in [0.29, 0.717) is 17.1 Å². The van der Waals surface area contributed by atoms with Crippen molar-refractivity contribution in [1.29, 1.82) is 0 Å². The van der Waals surface area contributed by atoms with Crippen LogP contribution < -0.4 is 10.9 Å². The van der Waals surface area contributed by atoms with E-state index >= 15 is 0 Å². The minimum atomic E-state index is -0.366. The average Bonchev–Trinajstić information content (AvgIpc) is 2.89. The Morgan fingerprint density at radius 3 is 2.56 bits per heavy atom. The Bertz CT molecular complexity index is 905. The Morgan fingerprint density at radius 1 is 1.28 bits per heavy atom. The number of halogens is 1. The Kier molecular flexibility index (Phi) is 4.59. The van der Waals surface area contributed by atoms with Gasteiger partial charge < -0.3 is 4.90 Å². The minimum Gasteiger partial charge on any atom is -0.333 e. The number of amides is 2. The molecule has 25 heavy (non-hydrogen) atoms. The number of aromatic nitrogens is 2. The zero-order valence-electron chi connectivity index (χ0n) is 13.9. The summed E-state index contributed by atoms with van der Waals surface area (Å²) in [6.07, 6.45) is 0. The minimum absolute atomic E-state index is 0.0671.